The third-order valence-corrected chi connectivity index (χ3v) is 5.85. The highest BCUT2D eigenvalue weighted by atomic mass is 32.1. The number of aryl methyl sites for hydroxylation is 1. The molecule has 3 rings (SSSR count). The Morgan fingerprint density at radius 2 is 2.24 bits per heavy atom. The number of hydrogen-bond acceptors (Lipinski definition) is 5. The van der Waals surface area contributed by atoms with Crippen molar-refractivity contribution in [1.82, 2.24) is 9.88 Å². The number of nitrogens with one attached hydrogen (secondary N) is 1. The van der Waals surface area contributed by atoms with Crippen molar-refractivity contribution in [2.75, 3.05) is 25.0 Å². The van der Waals surface area contributed by atoms with E-state index in [1.807, 2.05) is 25.7 Å². The molecule has 0 bridgehead atoms. The summed E-state index contributed by atoms with van der Waals surface area (Å²) >= 11 is 1.55. The molecular formula is C18H29N3O3S. The van der Waals surface area contributed by atoms with E-state index >= 15 is 0 Å². The maximum absolute atomic E-state index is 12.9. The average Bonchev–Trinajstić information content (AvgIpc) is 3.01. The molecule has 3 unspecified atom stereocenters. The van der Waals surface area contributed by atoms with Gasteiger partial charge in [-0.25, -0.2) is 9.78 Å². The van der Waals surface area contributed by atoms with Gasteiger partial charge in [0, 0.05) is 19.6 Å². The molecule has 0 radical (unpaired) electrons. The second kappa shape index (κ2) is 7.21. The number of morpholine rings is 1. The van der Waals surface area contributed by atoms with Crippen LogP contribution in [0.3, 0.4) is 0 Å². The second-order valence-electron chi connectivity index (χ2n) is 7.67. The molecule has 0 aromatic carbocycles. The molecule has 140 valence electrons. The first-order valence-corrected chi connectivity index (χ1v) is 9.92. The maximum Gasteiger partial charge on any atom is 0.322 e. The van der Waals surface area contributed by atoms with Crippen molar-refractivity contribution >= 4 is 22.4 Å². The number of aromatic nitrogens is 1. The Labute approximate surface area is 153 Å². The van der Waals surface area contributed by atoms with Gasteiger partial charge in [-0.05, 0) is 33.1 Å². The SMILES string of the molecule is Cc1nc(CC(C)C)c(NC(=O)N2CC(C)OC3(CCOC3C)C2)s1. The van der Waals surface area contributed by atoms with E-state index in [1.165, 1.54) is 0 Å². The van der Waals surface area contributed by atoms with E-state index in [9.17, 15) is 4.79 Å². The minimum Gasteiger partial charge on any atom is -0.375 e. The first kappa shape index (κ1) is 18.6. The highest BCUT2D eigenvalue weighted by molar-refractivity contribution is 7.16. The van der Waals surface area contributed by atoms with Crippen LogP contribution in [-0.2, 0) is 15.9 Å². The van der Waals surface area contributed by atoms with Crippen LogP contribution < -0.4 is 5.32 Å². The third kappa shape index (κ3) is 3.99. The summed E-state index contributed by atoms with van der Waals surface area (Å²) in [6.45, 7) is 12.2. The lowest BCUT2D eigenvalue weighted by Gasteiger charge is -2.44. The van der Waals surface area contributed by atoms with Crippen LogP contribution in [0.25, 0.3) is 0 Å². The summed E-state index contributed by atoms with van der Waals surface area (Å²) in [7, 11) is 0. The van der Waals surface area contributed by atoms with E-state index < -0.39 is 0 Å². The van der Waals surface area contributed by atoms with Crippen LogP contribution in [0.15, 0.2) is 0 Å². The topological polar surface area (TPSA) is 63.7 Å². The molecular weight excluding hydrogens is 338 g/mol. The van der Waals surface area contributed by atoms with Gasteiger partial charge in [-0.3, -0.25) is 5.32 Å². The third-order valence-electron chi connectivity index (χ3n) is 4.92. The maximum atomic E-state index is 12.9. The molecule has 2 aliphatic rings. The second-order valence-corrected chi connectivity index (χ2v) is 8.88. The van der Waals surface area contributed by atoms with Crippen molar-refractivity contribution in [2.24, 2.45) is 5.92 Å². The molecule has 3 atom stereocenters. The van der Waals surface area contributed by atoms with Gasteiger partial charge >= 0.3 is 6.03 Å². The summed E-state index contributed by atoms with van der Waals surface area (Å²) in [6.07, 6.45) is 1.71. The fourth-order valence-electron chi connectivity index (χ4n) is 3.72. The van der Waals surface area contributed by atoms with Gasteiger partial charge in [-0.15, -0.1) is 11.3 Å². The van der Waals surface area contributed by atoms with Crippen molar-refractivity contribution in [3.8, 4) is 0 Å². The molecule has 1 spiro atoms. The van der Waals surface area contributed by atoms with Crippen molar-refractivity contribution in [3.05, 3.63) is 10.7 Å². The van der Waals surface area contributed by atoms with Crippen molar-refractivity contribution in [1.29, 1.82) is 0 Å². The zero-order valence-electron chi connectivity index (χ0n) is 15.8. The molecule has 1 N–H and O–H groups in total. The lowest BCUT2D eigenvalue weighted by atomic mass is 9.93. The summed E-state index contributed by atoms with van der Waals surface area (Å²) < 4.78 is 11.9. The Hall–Kier alpha value is -1.18. The molecule has 7 heteroatoms. The first-order chi connectivity index (χ1) is 11.8. The van der Waals surface area contributed by atoms with Gasteiger partial charge < -0.3 is 14.4 Å². The minimum absolute atomic E-state index is 0.00183. The molecule has 2 saturated heterocycles. The van der Waals surface area contributed by atoms with Crippen molar-refractivity contribution < 1.29 is 14.3 Å². The highest BCUT2D eigenvalue weighted by Crippen LogP contribution is 2.35. The number of urea groups is 1. The Balaban J connectivity index is 1.73. The quantitative estimate of drug-likeness (QED) is 0.889. The number of carbonyl (C=O) groups excluding carboxylic acids is 1. The fraction of sp³-hybridized carbons (Fsp3) is 0.778. The van der Waals surface area contributed by atoms with Crippen LogP contribution >= 0.6 is 11.3 Å². The lowest BCUT2D eigenvalue weighted by Crippen LogP contribution is -2.60. The van der Waals surface area contributed by atoms with Crippen molar-refractivity contribution in [3.63, 3.8) is 0 Å². The van der Waals surface area contributed by atoms with Crippen LogP contribution in [-0.4, -0.2) is 53.4 Å². The normalized spacial score (nSPS) is 29.6. The predicted octanol–water partition coefficient (Wildman–Crippen LogP) is 3.45. The van der Waals surface area contributed by atoms with Crippen LogP contribution in [0.2, 0.25) is 0 Å². The molecule has 25 heavy (non-hydrogen) atoms. The molecule has 0 aliphatic carbocycles. The van der Waals surface area contributed by atoms with E-state index in [0.29, 0.717) is 25.6 Å². The van der Waals surface area contributed by atoms with E-state index in [0.717, 1.165) is 28.5 Å². The molecule has 3 heterocycles. The molecule has 1 aromatic rings. The molecule has 2 fully saturated rings. The summed E-state index contributed by atoms with van der Waals surface area (Å²) in [5.74, 6) is 0.500. The van der Waals surface area contributed by atoms with Gasteiger partial charge in [0.25, 0.3) is 0 Å². The van der Waals surface area contributed by atoms with Gasteiger partial charge in [0.2, 0.25) is 0 Å². The largest absolute Gasteiger partial charge is 0.375 e. The molecule has 2 aliphatic heterocycles. The van der Waals surface area contributed by atoms with Crippen LogP contribution in [0, 0.1) is 12.8 Å². The Morgan fingerprint density at radius 3 is 2.88 bits per heavy atom. The van der Waals surface area contributed by atoms with E-state index in [2.05, 4.69) is 24.1 Å². The molecule has 2 amide bonds. The molecule has 6 nitrogen and oxygen atoms in total. The van der Waals surface area contributed by atoms with E-state index in [-0.39, 0.29) is 23.8 Å². The number of anilines is 1. The van der Waals surface area contributed by atoms with Crippen molar-refractivity contribution in [2.45, 2.75) is 65.3 Å². The summed E-state index contributed by atoms with van der Waals surface area (Å²) in [4.78, 5) is 19.4. The van der Waals surface area contributed by atoms with Gasteiger partial charge in [-0.1, -0.05) is 13.8 Å². The smallest absolute Gasteiger partial charge is 0.322 e. The minimum atomic E-state index is -0.376. The highest BCUT2D eigenvalue weighted by Gasteiger charge is 2.48. The predicted molar refractivity (Wildman–Crippen MR) is 99.3 cm³/mol. The fourth-order valence-corrected chi connectivity index (χ4v) is 4.56. The number of hydrogen-bond donors (Lipinski definition) is 1. The standard InChI is InChI=1S/C18H29N3O3S/c1-11(2)8-15-16(25-14(5)19-15)20-17(22)21-9-12(3)24-18(10-21)6-7-23-13(18)4/h11-13H,6-10H2,1-5H3,(H,20,22). The number of thiazole rings is 1. The van der Waals surface area contributed by atoms with Crippen LogP contribution in [0.5, 0.6) is 0 Å². The number of nitrogens with zero attached hydrogens (tertiary/aromatic N) is 2. The number of rotatable bonds is 3. The molecule has 0 saturated carbocycles. The zero-order valence-corrected chi connectivity index (χ0v) is 16.6. The summed E-state index contributed by atoms with van der Waals surface area (Å²) in [6, 6.07) is -0.0673. The number of carbonyl (C=O) groups is 1. The monoisotopic (exact) mass is 367 g/mol. The average molecular weight is 368 g/mol. The van der Waals surface area contributed by atoms with Gasteiger partial charge in [0.15, 0.2) is 0 Å². The summed E-state index contributed by atoms with van der Waals surface area (Å²) in [5, 5.41) is 4.95. The number of amides is 2. The summed E-state index contributed by atoms with van der Waals surface area (Å²) in [5.41, 5.74) is 0.610. The Morgan fingerprint density at radius 1 is 1.48 bits per heavy atom. The Bertz CT molecular complexity index is 633. The lowest BCUT2D eigenvalue weighted by molar-refractivity contribution is -0.159. The van der Waals surface area contributed by atoms with Gasteiger partial charge in [-0.2, -0.15) is 0 Å². The Kier molecular flexibility index (Phi) is 5.37. The van der Waals surface area contributed by atoms with Gasteiger partial charge in [0.1, 0.15) is 10.6 Å². The molecule has 1 aromatic heterocycles. The number of ether oxygens (including phenoxy) is 2. The van der Waals surface area contributed by atoms with E-state index in [4.69, 9.17) is 9.47 Å². The zero-order chi connectivity index (χ0) is 18.2. The van der Waals surface area contributed by atoms with Gasteiger partial charge in [0.05, 0.1) is 29.5 Å². The van der Waals surface area contributed by atoms with Crippen LogP contribution in [0.1, 0.15) is 44.8 Å². The van der Waals surface area contributed by atoms with Crippen LogP contribution in [0.4, 0.5) is 9.80 Å². The first-order valence-electron chi connectivity index (χ1n) is 9.11. The van der Waals surface area contributed by atoms with E-state index in [1.54, 1.807) is 11.3 Å².